The van der Waals surface area contributed by atoms with Crippen LogP contribution in [0.15, 0.2) is 48.7 Å². The summed E-state index contributed by atoms with van der Waals surface area (Å²) in [5.41, 5.74) is 5.71. The van der Waals surface area contributed by atoms with E-state index in [0.29, 0.717) is 6.04 Å². The third kappa shape index (κ3) is 3.85. The Bertz CT molecular complexity index is 1040. The Kier molecular flexibility index (Phi) is 5.26. The molecule has 5 heteroatoms. The lowest BCUT2D eigenvalue weighted by Gasteiger charge is -2.14. The summed E-state index contributed by atoms with van der Waals surface area (Å²) >= 11 is 0. The molecule has 1 aliphatic rings. The van der Waals surface area contributed by atoms with Crippen LogP contribution in [0, 0.1) is 5.82 Å². The normalized spacial score (nSPS) is 16.0. The van der Waals surface area contributed by atoms with E-state index in [-0.39, 0.29) is 11.8 Å². The number of aromatic amines is 1. The summed E-state index contributed by atoms with van der Waals surface area (Å²) in [6.07, 6.45) is 8.18. The number of hydrogen-bond acceptors (Lipinski definition) is 3. The van der Waals surface area contributed by atoms with Crippen LogP contribution in [0.3, 0.4) is 0 Å². The van der Waals surface area contributed by atoms with E-state index in [4.69, 9.17) is 0 Å². The van der Waals surface area contributed by atoms with Gasteiger partial charge in [-0.25, -0.2) is 9.18 Å². The molecule has 28 heavy (non-hydrogen) atoms. The van der Waals surface area contributed by atoms with Crippen molar-refractivity contribution in [2.24, 2.45) is 0 Å². The van der Waals surface area contributed by atoms with Crippen molar-refractivity contribution in [3.63, 3.8) is 0 Å². The van der Waals surface area contributed by atoms with Crippen LogP contribution >= 0.6 is 0 Å². The number of esters is 1. The van der Waals surface area contributed by atoms with Crippen LogP contribution in [-0.4, -0.2) is 24.6 Å². The molecule has 0 spiro atoms. The van der Waals surface area contributed by atoms with Crippen LogP contribution in [-0.2, 0) is 22.4 Å². The van der Waals surface area contributed by atoms with Crippen molar-refractivity contribution in [3.05, 3.63) is 76.7 Å². The van der Waals surface area contributed by atoms with Gasteiger partial charge in [0.25, 0.3) is 0 Å². The maximum atomic E-state index is 13.3. The van der Waals surface area contributed by atoms with Crippen LogP contribution in [0.2, 0.25) is 0 Å². The molecule has 1 aromatic heterocycles. The van der Waals surface area contributed by atoms with Gasteiger partial charge in [0.1, 0.15) is 5.82 Å². The second-order valence-electron chi connectivity index (χ2n) is 7.11. The van der Waals surface area contributed by atoms with Gasteiger partial charge >= 0.3 is 5.97 Å². The minimum absolute atomic E-state index is 0.220. The zero-order chi connectivity index (χ0) is 19.5. The molecule has 4 rings (SSSR count). The van der Waals surface area contributed by atoms with Crippen molar-refractivity contribution in [1.29, 1.82) is 0 Å². The smallest absolute Gasteiger partial charge is 0.330 e. The van der Waals surface area contributed by atoms with Gasteiger partial charge in [0, 0.05) is 29.2 Å². The maximum absolute atomic E-state index is 13.3. The Morgan fingerprint density at radius 2 is 2.21 bits per heavy atom. The predicted molar refractivity (Wildman–Crippen MR) is 109 cm³/mol. The number of fused-ring (bicyclic) bond motifs is 2. The SMILES string of the molecule is COC(=O)C=Cc1ccc2c(c1)CCC2NCCc1c[nH]c2cc(F)ccc12. The van der Waals surface area contributed by atoms with E-state index in [9.17, 15) is 9.18 Å². The average molecular weight is 378 g/mol. The second-order valence-corrected chi connectivity index (χ2v) is 7.11. The van der Waals surface area contributed by atoms with Crippen molar-refractivity contribution < 1.29 is 13.9 Å². The number of hydrogen-bond donors (Lipinski definition) is 2. The number of methoxy groups -OCH3 is 1. The number of halogens is 1. The lowest BCUT2D eigenvalue weighted by molar-refractivity contribution is -0.134. The minimum Gasteiger partial charge on any atom is -0.466 e. The summed E-state index contributed by atoms with van der Waals surface area (Å²) in [5, 5.41) is 4.73. The molecule has 0 saturated carbocycles. The highest BCUT2D eigenvalue weighted by atomic mass is 19.1. The zero-order valence-electron chi connectivity index (χ0n) is 15.8. The van der Waals surface area contributed by atoms with Crippen LogP contribution in [0.1, 0.15) is 34.7 Å². The Morgan fingerprint density at radius 1 is 1.32 bits per heavy atom. The molecule has 1 atom stereocenters. The number of carbonyl (C=O) groups is 1. The number of aryl methyl sites for hydroxylation is 1. The molecule has 0 bridgehead atoms. The Hall–Kier alpha value is -2.92. The van der Waals surface area contributed by atoms with E-state index in [0.717, 1.165) is 42.3 Å². The van der Waals surface area contributed by atoms with E-state index < -0.39 is 0 Å². The quantitative estimate of drug-likeness (QED) is 0.496. The van der Waals surface area contributed by atoms with E-state index >= 15 is 0 Å². The molecule has 3 aromatic rings. The molecule has 2 N–H and O–H groups in total. The fourth-order valence-corrected chi connectivity index (χ4v) is 3.93. The molecule has 1 heterocycles. The standard InChI is InChI=1S/C23H23FN2O2/c1-28-23(27)9-3-15-2-6-19-16(12-15)4-8-21(19)25-11-10-17-14-26-22-13-18(24)5-7-20(17)22/h2-3,5-7,9,12-14,21,25-26H,4,8,10-11H2,1H3. The van der Waals surface area contributed by atoms with Gasteiger partial charge in [-0.15, -0.1) is 0 Å². The fourth-order valence-electron chi connectivity index (χ4n) is 3.93. The van der Waals surface area contributed by atoms with Gasteiger partial charge < -0.3 is 15.0 Å². The number of benzene rings is 2. The van der Waals surface area contributed by atoms with Crippen molar-refractivity contribution in [3.8, 4) is 0 Å². The summed E-state index contributed by atoms with van der Waals surface area (Å²) in [6, 6.07) is 11.5. The predicted octanol–water partition coefficient (Wildman–Crippen LogP) is 4.31. The average Bonchev–Trinajstić information content (AvgIpc) is 3.29. The first-order valence-corrected chi connectivity index (χ1v) is 9.52. The van der Waals surface area contributed by atoms with Gasteiger partial charge in [0.15, 0.2) is 0 Å². The Morgan fingerprint density at radius 3 is 3.07 bits per heavy atom. The molecule has 0 aliphatic heterocycles. The lowest BCUT2D eigenvalue weighted by Crippen LogP contribution is -2.21. The van der Waals surface area contributed by atoms with Crippen molar-refractivity contribution in [2.45, 2.75) is 25.3 Å². The van der Waals surface area contributed by atoms with Crippen LogP contribution in [0.25, 0.3) is 17.0 Å². The molecule has 4 nitrogen and oxygen atoms in total. The first-order chi connectivity index (χ1) is 13.6. The monoisotopic (exact) mass is 378 g/mol. The van der Waals surface area contributed by atoms with Crippen molar-refractivity contribution >= 4 is 22.9 Å². The molecule has 0 fully saturated rings. The van der Waals surface area contributed by atoms with Gasteiger partial charge in [0.05, 0.1) is 7.11 Å². The summed E-state index contributed by atoms with van der Waals surface area (Å²) in [5.74, 6) is -0.567. The highest BCUT2D eigenvalue weighted by molar-refractivity contribution is 5.87. The minimum atomic E-state index is -0.347. The molecule has 0 saturated heterocycles. The summed E-state index contributed by atoms with van der Waals surface area (Å²) in [7, 11) is 1.38. The molecular weight excluding hydrogens is 355 g/mol. The van der Waals surface area contributed by atoms with Crippen LogP contribution in [0.4, 0.5) is 4.39 Å². The summed E-state index contributed by atoms with van der Waals surface area (Å²) in [6.45, 7) is 0.860. The van der Waals surface area contributed by atoms with E-state index in [1.165, 1.54) is 42.0 Å². The molecule has 0 amide bonds. The van der Waals surface area contributed by atoms with E-state index in [2.05, 4.69) is 27.2 Å². The number of nitrogens with one attached hydrogen (secondary N) is 2. The second kappa shape index (κ2) is 7.98. The molecule has 1 aliphatic carbocycles. The molecular formula is C23H23FN2O2. The van der Waals surface area contributed by atoms with Crippen molar-refractivity contribution in [1.82, 2.24) is 10.3 Å². The Balaban J connectivity index is 1.38. The largest absolute Gasteiger partial charge is 0.466 e. The fraction of sp³-hybridized carbons (Fsp3) is 0.261. The van der Waals surface area contributed by atoms with Gasteiger partial charge in [-0.2, -0.15) is 0 Å². The molecule has 1 unspecified atom stereocenters. The van der Waals surface area contributed by atoms with Crippen LogP contribution in [0.5, 0.6) is 0 Å². The topological polar surface area (TPSA) is 54.1 Å². The van der Waals surface area contributed by atoms with E-state index in [1.807, 2.05) is 18.3 Å². The summed E-state index contributed by atoms with van der Waals surface area (Å²) in [4.78, 5) is 14.4. The number of H-pyrrole nitrogens is 1. The number of carbonyl (C=O) groups excluding carboxylic acids is 1. The van der Waals surface area contributed by atoms with E-state index in [1.54, 1.807) is 6.08 Å². The highest BCUT2D eigenvalue weighted by Crippen LogP contribution is 2.32. The third-order valence-corrected chi connectivity index (χ3v) is 5.37. The molecule has 2 aromatic carbocycles. The number of aromatic nitrogens is 1. The maximum Gasteiger partial charge on any atom is 0.330 e. The first-order valence-electron chi connectivity index (χ1n) is 9.52. The number of ether oxygens (including phenoxy) is 1. The van der Waals surface area contributed by atoms with Gasteiger partial charge in [0.2, 0.25) is 0 Å². The number of rotatable bonds is 6. The summed E-state index contributed by atoms with van der Waals surface area (Å²) < 4.78 is 18.0. The molecule has 0 radical (unpaired) electrons. The van der Waals surface area contributed by atoms with Gasteiger partial charge in [-0.05, 0) is 72.3 Å². The van der Waals surface area contributed by atoms with Gasteiger partial charge in [-0.1, -0.05) is 18.2 Å². The zero-order valence-corrected chi connectivity index (χ0v) is 15.8. The third-order valence-electron chi connectivity index (χ3n) is 5.37. The Labute approximate surface area is 163 Å². The van der Waals surface area contributed by atoms with Gasteiger partial charge in [-0.3, -0.25) is 0 Å². The molecule has 144 valence electrons. The van der Waals surface area contributed by atoms with Crippen molar-refractivity contribution in [2.75, 3.05) is 13.7 Å². The van der Waals surface area contributed by atoms with Crippen LogP contribution < -0.4 is 5.32 Å². The first kappa shape index (κ1) is 18.4. The lowest BCUT2D eigenvalue weighted by atomic mass is 10.0. The highest BCUT2D eigenvalue weighted by Gasteiger charge is 2.21.